The maximum absolute atomic E-state index is 6.36. The highest BCUT2D eigenvalue weighted by atomic mass is 15.1. The van der Waals surface area contributed by atoms with Gasteiger partial charge in [0.25, 0.3) is 0 Å². The first kappa shape index (κ1) is 14.6. The summed E-state index contributed by atoms with van der Waals surface area (Å²) in [6.07, 6.45) is 0. The van der Waals surface area contributed by atoms with Gasteiger partial charge in [-0.25, -0.2) is 0 Å². The zero-order valence-electron chi connectivity index (χ0n) is 12.6. The quantitative estimate of drug-likeness (QED) is 0.894. The van der Waals surface area contributed by atoms with E-state index in [9.17, 15) is 0 Å². The molecule has 2 nitrogen and oxygen atoms in total. The number of anilines is 1. The van der Waals surface area contributed by atoms with E-state index in [2.05, 4.69) is 62.2 Å². The van der Waals surface area contributed by atoms with E-state index in [4.69, 9.17) is 5.73 Å². The van der Waals surface area contributed by atoms with Gasteiger partial charge in [0.2, 0.25) is 0 Å². The maximum Gasteiger partial charge on any atom is 0.0363 e. The summed E-state index contributed by atoms with van der Waals surface area (Å²) in [7, 11) is 2.12. The molecular weight excluding hydrogens is 244 g/mol. The van der Waals surface area contributed by atoms with Gasteiger partial charge in [-0.3, -0.25) is 0 Å². The van der Waals surface area contributed by atoms with Gasteiger partial charge in [-0.2, -0.15) is 0 Å². The SMILES string of the molecule is Cc1ccc(N(C)CC(C)C(N)c2ccccc2)cc1. The van der Waals surface area contributed by atoms with Crippen molar-refractivity contribution in [2.45, 2.75) is 19.9 Å². The van der Waals surface area contributed by atoms with Gasteiger partial charge in [0.05, 0.1) is 0 Å². The Balaban J connectivity index is 2.00. The monoisotopic (exact) mass is 268 g/mol. The van der Waals surface area contributed by atoms with Crippen LogP contribution in [0.2, 0.25) is 0 Å². The molecule has 2 aromatic carbocycles. The van der Waals surface area contributed by atoms with Crippen LogP contribution in [0.3, 0.4) is 0 Å². The van der Waals surface area contributed by atoms with Crippen LogP contribution in [0.25, 0.3) is 0 Å². The van der Waals surface area contributed by atoms with Crippen LogP contribution in [0.4, 0.5) is 5.69 Å². The standard InChI is InChI=1S/C18H24N2/c1-14-9-11-17(12-10-14)20(3)13-15(2)18(19)16-7-5-4-6-8-16/h4-12,15,18H,13,19H2,1-3H3. The van der Waals surface area contributed by atoms with E-state index in [0.717, 1.165) is 6.54 Å². The molecule has 2 rings (SSSR count). The molecule has 2 aromatic rings. The van der Waals surface area contributed by atoms with E-state index >= 15 is 0 Å². The predicted octanol–water partition coefficient (Wildman–Crippen LogP) is 3.77. The molecular formula is C18H24N2. The largest absolute Gasteiger partial charge is 0.374 e. The van der Waals surface area contributed by atoms with E-state index in [1.165, 1.54) is 16.8 Å². The summed E-state index contributed by atoms with van der Waals surface area (Å²) in [6.45, 7) is 5.26. The second kappa shape index (κ2) is 6.58. The molecule has 0 saturated carbocycles. The molecule has 0 bridgehead atoms. The Morgan fingerprint density at radius 2 is 1.60 bits per heavy atom. The number of benzene rings is 2. The molecule has 0 aliphatic carbocycles. The topological polar surface area (TPSA) is 29.3 Å². The smallest absolute Gasteiger partial charge is 0.0363 e. The third kappa shape index (κ3) is 3.61. The van der Waals surface area contributed by atoms with Gasteiger partial charge in [-0.05, 0) is 30.5 Å². The number of nitrogens with two attached hydrogens (primary N) is 1. The summed E-state index contributed by atoms with van der Waals surface area (Å²) in [5.41, 5.74) is 10.1. The van der Waals surface area contributed by atoms with Gasteiger partial charge in [-0.1, -0.05) is 55.0 Å². The van der Waals surface area contributed by atoms with Crippen LogP contribution in [-0.2, 0) is 0 Å². The lowest BCUT2D eigenvalue weighted by Crippen LogP contribution is -2.31. The summed E-state index contributed by atoms with van der Waals surface area (Å²) in [5.74, 6) is 0.392. The summed E-state index contributed by atoms with van der Waals surface area (Å²) in [6, 6.07) is 19.0. The molecule has 2 N–H and O–H groups in total. The summed E-state index contributed by atoms with van der Waals surface area (Å²) in [4.78, 5) is 2.27. The summed E-state index contributed by atoms with van der Waals surface area (Å²) >= 11 is 0. The number of aryl methyl sites for hydroxylation is 1. The van der Waals surface area contributed by atoms with Gasteiger partial charge in [0.1, 0.15) is 0 Å². The van der Waals surface area contributed by atoms with Crippen LogP contribution in [0.5, 0.6) is 0 Å². The fourth-order valence-electron chi connectivity index (χ4n) is 2.45. The molecule has 0 aromatic heterocycles. The normalized spacial score (nSPS) is 13.8. The minimum Gasteiger partial charge on any atom is -0.374 e. The Labute approximate surface area is 122 Å². The van der Waals surface area contributed by atoms with Crippen molar-refractivity contribution in [2.24, 2.45) is 11.7 Å². The first-order chi connectivity index (χ1) is 9.58. The fourth-order valence-corrected chi connectivity index (χ4v) is 2.45. The number of rotatable bonds is 5. The van der Waals surface area contributed by atoms with E-state index < -0.39 is 0 Å². The highest BCUT2D eigenvalue weighted by molar-refractivity contribution is 5.46. The van der Waals surface area contributed by atoms with E-state index in [1.54, 1.807) is 0 Å². The van der Waals surface area contributed by atoms with Crippen molar-refractivity contribution < 1.29 is 0 Å². The van der Waals surface area contributed by atoms with Crippen LogP contribution < -0.4 is 10.6 Å². The molecule has 0 spiro atoms. The second-order valence-electron chi connectivity index (χ2n) is 5.63. The average Bonchev–Trinajstić information content (AvgIpc) is 2.48. The molecule has 0 fully saturated rings. The van der Waals surface area contributed by atoms with Gasteiger partial charge < -0.3 is 10.6 Å². The Bertz CT molecular complexity index is 519. The third-order valence-electron chi connectivity index (χ3n) is 3.83. The zero-order chi connectivity index (χ0) is 14.5. The molecule has 0 aliphatic rings. The van der Waals surface area contributed by atoms with Gasteiger partial charge in [-0.15, -0.1) is 0 Å². The van der Waals surface area contributed by atoms with Gasteiger partial charge in [0, 0.05) is 25.3 Å². The van der Waals surface area contributed by atoms with Crippen molar-refractivity contribution in [3.63, 3.8) is 0 Å². The predicted molar refractivity (Wildman–Crippen MR) is 87.0 cm³/mol. The number of nitrogens with zero attached hydrogens (tertiary/aromatic N) is 1. The lowest BCUT2D eigenvalue weighted by atomic mass is 9.95. The average molecular weight is 268 g/mol. The first-order valence-electron chi connectivity index (χ1n) is 7.16. The van der Waals surface area contributed by atoms with E-state index in [-0.39, 0.29) is 6.04 Å². The lowest BCUT2D eigenvalue weighted by Gasteiger charge is -2.27. The minimum absolute atomic E-state index is 0.0732. The molecule has 0 aliphatic heterocycles. The molecule has 0 radical (unpaired) electrons. The zero-order valence-corrected chi connectivity index (χ0v) is 12.6. The Morgan fingerprint density at radius 3 is 2.20 bits per heavy atom. The van der Waals surface area contributed by atoms with Crippen molar-refractivity contribution >= 4 is 5.69 Å². The number of hydrogen-bond acceptors (Lipinski definition) is 2. The summed E-state index contributed by atoms with van der Waals surface area (Å²) < 4.78 is 0. The molecule has 0 amide bonds. The third-order valence-corrected chi connectivity index (χ3v) is 3.83. The molecule has 2 heteroatoms. The molecule has 2 unspecified atom stereocenters. The molecule has 106 valence electrons. The molecule has 0 heterocycles. The molecule has 0 saturated heterocycles. The van der Waals surface area contributed by atoms with Crippen molar-refractivity contribution in [2.75, 3.05) is 18.5 Å². The van der Waals surface area contributed by atoms with Crippen LogP contribution in [0, 0.1) is 12.8 Å². The van der Waals surface area contributed by atoms with E-state index in [0.29, 0.717) is 5.92 Å². The fraction of sp³-hybridized carbons (Fsp3) is 0.333. The Morgan fingerprint density at radius 1 is 1.00 bits per heavy atom. The molecule has 2 atom stereocenters. The van der Waals surface area contributed by atoms with Crippen molar-refractivity contribution in [3.05, 3.63) is 65.7 Å². The Kier molecular flexibility index (Phi) is 4.80. The van der Waals surface area contributed by atoms with E-state index in [1.807, 2.05) is 18.2 Å². The highest BCUT2D eigenvalue weighted by Crippen LogP contribution is 2.22. The van der Waals surface area contributed by atoms with Crippen LogP contribution in [-0.4, -0.2) is 13.6 Å². The van der Waals surface area contributed by atoms with Crippen LogP contribution in [0.1, 0.15) is 24.1 Å². The van der Waals surface area contributed by atoms with Crippen molar-refractivity contribution in [1.29, 1.82) is 0 Å². The second-order valence-corrected chi connectivity index (χ2v) is 5.63. The van der Waals surface area contributed by atoms with Crippen molar-refractivity contribution in [1.82, 2.24) is 0 Å². The summed E-state index contributed by atoms with van der Waals surface area (Å²) in [5, 5.41) is 0. The maximum atomic E-state index is 6.36. The lowest BCUT2D eigenvalue weighted by molar-refractivity contribution is 0.472. The van der Waals surface area contributed by atoms with Crippen LogP contribution in [0.15, 0.2) is 54.6 Å². The Hall–Kier alpha value is -1.80. The highest BCUT2D eigenvalue weighted by Gasteiger charge is 2.16. The van der Waals surface area contributed by atoms with Gasteiger partial charge in [0.15, 0.2) is 0 Å². The first-order valence-corrected chi connectivity index (χ1v) is 7.16. The van der Waals surface area contributed by atoms with Crippen LogP contribution >= 0.6 is 0 Å². The number of hydrogen-bond donors (Lipinski definition) is 1. The molecule has 20 heavy (non-hydrogen) atoms. The minimum atomic E-state index is 0.0732. The van der Waals surface area contributed by atoms with Gasteiger partial charge >= 0.3 is 0 Å². The van der Waals surface area contributed by atoms with Crippen molar-refractivity contribution in [3.8, 4) is 0 Å².